The van der Waals surface area contributed by atoms with Crippen LogP contribution in [0.1, 0.15) is 19.4 Å². The Kier molecular flexibility index (Phi) is 21.6. The number of nitrogens with two attached hydrogens (primary N) is 1. The van der Waals surface area contributed by atoms with Gasteiger partial charge in [0.2, 0.25) is 0 Å². The van der Waals surface area contributed by atoms with Gasteiger partial charge in [-0.05, 0) is 25.2 Å². The van der Waals surface area contributed by atoms with Crippen LogP contribution in [0.25, 0.3) is 0 Å². The van der Waals surface area contributed by atoms with E-state index in [9.17, 15) is 0 Å². The number of ether oxygens (including phenoxy) is 1. The first-order valence-corrected chi connectivity index (χ1v) is 4.41. The summed E-state index contributed by atoms with van der Waals surface area (Å²) in [5, 5.41) is 0. The van der Waals surface area contributed by atoms with Gasteiger partial charge >= 0.3 is 0 Å². The molecule has 2 N–H and O–H groups in total. The molecule has 80 valence electrons. The summed E-state index contributed by atoms with van der Waals surface area (Å²) < 4.78 is 5.19. The zero-order valence-corrected chi connectivity index (χ0v) is 15.3. The molecule has 1 aromatic rings. The van der Waals surface area contributed by atoms with Gasteiger partial charge < -0.3 is 10.5 Å². The maximum Gasteiger partial charge on any atom is 0.133 e. The molecular formula is C10H17N2OY2-. The summed E-state index contributed by atoms with van der Waals surface area (Å²) in [6.45, 7) is 7.85. The Balaban J connectivity index is -0.000000339. The van der Waals surface area contributed by atoms with Gasteiger partial charge in [0, 0.05) is 71.6 Å². The minimum atomic E-state index is 0. The molecule has 0 amide bonds. The second kappa shape index (κ2) is 15.1. The van der Waals surface area contributed by atoms with Gasteiger partial charge in [0.15, 0.2) is 0 Å². The third kappa shape index (κ3) is 11.4. The van der Waals surface area contributed by atoms with Crippen LogP contribution in [-0.2, 0) is 65.4 Å². The molecule has 1 aromatic heterocycles. The average molecular weight is 359 g/mol. The molecule has 0 bridgehead atoms. The normalized spacial score (nSPS) is 7.47. The fourth-order valence-electron chi connectivity index (χ4n) is 0.750. The summed E-state index contributed by atoms with van der Waals surface area (Å²) in [5.41, 5.74) is 6.23. The van der Waals surface area contributed by atoms with Crippen LogP contribution in [0, 0.1) is 13.5 Å². The molecule has 0 unspecified atom stereocenters. The van der Waals surface area contributed by atoms with Crippen molar-refractivity contribution in [2.24, 2.45) is 5.73 Å². The van der Waals surface area contributed by atoms with Gasteiger partial charge in [0.25, 0.3) is 0 Å². The Bertz CT molecular complexity index is 234. The van der Waals surface area contributed by atoms with Crippen molar-refractivity contribution in [3.63, 3.8) is 0 Å². The number of aromatic nitrogens is 1. The molecule has 0 aliphatic heterocycles. The molecule has 0 aromatic carbocycles. The second-order valence-electron chi connectivity index (χ2n) is 2.24. The molecule has 15 heavy (non-hydrogen) atoms. The molecular weight excluding hydrogens is 342 g/mol. The van der Waals surface area contributed by atoms with Crippen LogP contribution in [0.5, 0.6) is 5.75 Å². The smallest absolute Gasteiger partial charge is 0.133 e. The van der Waals surface area contributed by atoms with E-state index in [1.54, 1.807) is 12.4 Å². The predicted molar refractivity (Wildman–Crippen MR) is 54.3 cm³/mol. The largest absolute Gasteiger partial charge is 0.522 e. The quantitative estimate of drug-likeness (QED) is 0.839. The van der Waals surface area contributed by atoms with Gasteiger partial charge in [-0.3, -0.25) is 4.98 Å². The topological polar surface area (TPSA) is 48.1 Å². The molecule has 0 aliphatic rings. The van der Waals surface area contributed by atoms with E-state index in [0.717, 1.165) is 11.3 Å². The third-order valence-electron chi connectivity index (χ3n) is 1.20. The molecule has 3 nitrogen and oxygen atoms in total. The minimum Gasteiger partial charge on any atom is -0.522 e. The number of aryl methyl sites for hydroxylation is 1. The maximum absolute atomic E-state index is 5.19. The molecule has 5 heteroatoms. The maximum atomic E-state index is 5.19. The number of pyridine rings is 1. The zero-order chi connectivity index (χ0) is 10.1. The number of hydrogen-bond donors (Lipinski definition) is 1. The second-order valence-corrected chi connectivity index (χ2v) is 2.24. The monoisotopic (exact) mass is 359 g/mol. The number of hydrogen-bond acceptors (Lipinski definition) is 3. The van der Waals surface area contributed by atoms with Crippen LogP contribution < -0.4 is 10.5 Å². The molecule has 0 atom stereocenters. The molecule has 1 heterocycles. The van der Waals surface area contributed by atoms with Gasteiger partial charge in [0.05, 0.1) is 6.20 Å². The van der Waals surface area contributed by atoms with Crippen molar-refractivity contribution in [1.29, 1.82) is 0 Å². The van der Waals surface area contributed by atoms with E-state index < -0.39 is 0 Å². The zero-order valence-electron chi connectivity index (χ0n) is 9.60. The van der Waals surface area contributed by atoms with Crippen LogP contribution in [0.3, 0.4) is 0 Å². The fraction of sp³-hybridized carbons (Fsp3) is 0.400. The summed E-state index contributed by atoms with van der Waals surface area (Å²) in [5.74, 6) is 0.756. The van der Waals surface area contributed by atoms with Gasteiger partial charge in [-0.1, -0.05) is 13.8 Å². The van der Waals surface area contributed by atoms with E-state index in [4.69, 9.17) is 10.5 Å². The fourth-order valence-corrected chi connectivity index (χ4v) is 0.750. The van der Waals surface area contributed by atoms with Gasteiger partial charge in [-0.25, -0.2) is 6.54 Å². The first-order valence-electron chi connectivity index (χ1n) is 4.41. The molecule has 0 spiro atoms. The molecule has 2 radical (unpaired) electrons. The predicted octanol–water partition coefficient (Wildman–Crippen LogP) is 1.91. The number of nitrogens with zero attached hydrogens (tertiary/aromatic N) is 1. The number of rotatable bonds is 3. The molecule has 0 saturated heterocycles. The Hall–Kier alpha value is 1.12. The van der Waals surface area contributed by atoms with Crippen LogP contribution in [-0.4, -0.2) is 11.6 Å². The molecule has 0 saturated carbocycles. The van der Waals surface area contributed by atoms with Crippen molar-refractivity contribution in [2.75, 3.05) is 6.61 Å². The molecule has 0 fully saturated rings. The molecule has 1 rings (SSSR count). The first kappa shape index (κ1) is 21.4. The Labute approximate surface area is 143 Å². The van der Waals surface area contributed by atoms with Crippen molar-refractivity contribution in [3.05, 3.63) is 30.6 Å². The van der Waals surface area contributed by atoms with Crippen molar-refractivity contribution in [1.82, 2.24) is 4.98 Å². The average Bonchev–Trinajstić information content (AvgIpc) is 2.18. The van der Waals surface area contributed by atoms with E-state index in [0.29, 0.717) is 6.61 Å². The van der Waals surface area contributed by atoms with Crippen molar-refractivity contribution in [3.8, 4) is 5.75 Å². The Morgan fingerprint density at radius 2 is 1.93 bits per heavy atom. The van der Waals surface area contributed by atoms with Crippen LogP contribution in [0.15, 0.2) is 18.5 Å². The van der Waals surface area contributed by atoms with Crippen LogP contribution >= 0.6 is 0 Å². The standard InChI is InChI=1S/C8H11N2O.C2H6.2Y/c1-7-4-8(6-10-5-7)11-3-2-9;1-2;;/h2,4-6H,3,9H2,1H3;1-2H3;;/q-1;;;. The summed E-state index contributed by atoms with van der Waals surface area (Å²) in [4.78, 5) is 3.96. The van der Waals surface area contributed by atoms with E-state index in [-0.39, 0.29) is 65.4 Å². The summed E-state index contributed by atoms with van der Waals surface area (Å²) in [6.07, 6.45) is 3.44. The Morgan fingerprint density at radius 1 is 1.33 bits per heavy atom. The van der Waals surface area contributed by atoms with E-state index >= 15 is 0 Å². The Morgan fingerprint density at radius 3 is 2.40 bits per heavy atom. The van der Waals surface area contributed by atoms with Gasteiger partial charge in [-0.2, -0.15) is 0 Å². The molecule has 0 aliphatic carbocycles. The van der Waals surface area contributed by atoms with Crippen molar-refractivity contribution in [2.45, 2.75) is 20.8 Å². The van der Waals surface area contributed by atoms with E-state index in [2.05, 4.69) is 4.98 Å². The van der Waals surface area contributed by atoms with Crippen LogP contribution in [0.4, 0.5) is 0 Å². The van der Waals surface area contributed by atoms with Gasteiger partial charge in [-0.15, -0.1) is 0 Å². The summed E-state index contributed by atoms with van der Waals surface area (Å²) in [6, 6.07) is 1.91. The van der Waals surface area contributed by atoms with Crippen molar-refractivity contribution < 1.29 is 70.2 Å². The van der Waals surface area contributed by atoms with E-state index in [1.165, 1.54) is 6.54 Å². The minimum absolute atomic E-state index is 0. The van der Waals surface area contributed by atoms with Crippen molar-refractivity contribution >= 4 is 0 Å². The van der Waals surface area contributed by atoms with Crippen LogP contribution in [0.2, 0.25) is 0 Å². The SMILES string of the molecule is CC.Cc1cncc(OC[CH-]N)c1.[Y].[Y]. The summed E-state index contributed by atoms with van der Waals surface area (Å²) in [7, 11) is 0. The van der Waals surface area contributed by atoms with E-state index in [1.807, 2.05) is 26.8 Å². The summed E-state index contributed by atoms with van der Waals surface area (Å²) >= 11 is 0. The third-order valence-corrected chi connectivity index (χ3v) is 1.20. The van der Waals surface area contributed by atoms with Gasteiger partial charge in [0.1, 0.15) is 5.75 Å². The first-order chi connectivity index (χ1) is 6.33.